The van der Waals surface area contributed by atoms with Crippen molar-refractivity contribution in [3.8, 4) is 0 Å². The smallest absolute Gasteiger partial charge is 0.274 e. The Morgan fingerprint density at radius 1 is 0.970 bits per heavy atom. The van der Waals surface area contributed by atoms with Crippen molar-refractivity contribution in [2.24, 2.45) is 0 Å². The minimum Gasteiger partial charge on any atom is -0.334 e. The molecule has 0 spiro atoms. The van der Waals surface area contributed by atoms with Crippen molar-refractivity contribution in [3.05, 3.63) is 100 Å². The first-order chi connectivity index (χ1) is 16.0. The molecule has 4 rings (SSSR count). The Morgan fingerprint density at radius 2 is 1.67 bits per heavy atom. The lowest BCUT2D eigenvalue weighted by molar-refractivity contribution is -0.125. The van der Waals surface area contributed by atoms with Crippen molar-refractivity contribution >= 4 is 35.2 Å². The summed E-state index contributed by atoms with van der Waals surface area (Å²) in [6.07, 6.45) is 4.70. The van der Waals surface area contributed by atoms with Gasteiger partial charge in [-0.15, -0.1) is 11.8 Å². The lowest BCUT2D eigenvalue weighted by Gasteiger charge is -2.30. The zero-order chi connectivity index (χ0) is 23.4. The maximum Gasteiger partial charge on any atom is 0.274 e. The van der Waals surface area contributed by atoms with E-state index in [1.54, 1.807) is 29.4 Å². The second-order valence-electron chi connectivity index (χ2n) is 8.10. The Labute approximate surface area is 198 Å². The number of aryl methyl sites for hydroxylation is 1. The van der Waals surface area contributed by atoms with Crippen molar-refractivity contribution in [3.63, 3.8) is 0 Å². The van der Waals surface area contributed by atoms with Crippen LogP contribution in [0.2, 0.25) is 0 Å². The van der Waals surface area contributed by atoms with Gasteiger partial charge in [-0.1, -0.05) is 48.0 Å². The van der Waals surface area contributed by atoms with Gasteiger partial charge in [-0.05, 0) is 72.2 Å². The molecule has 6 heteroatoms. The molecule has 0 bridgehead atoms. The van der Waals surface area contributed by atoms with Gasteiger partial charge in [-0.3, -0.25) is 14.8 Å². The van der Waals surface area contributed by atoms with Gasteiger partial charge in [0.2, 0.25) is 0 Å². The van der Waals surface area contributed by atoms with E-state index in [1.165, 1.54) is 4.90 Å². The molecule has 0 aromatic heterocycles. The summed E-state index contributed by atoms with van der Waals surface area (Å²) in [5.74, 6) is -0.606. The molecule has 3 aromatic rings. The Morgan fingerprint density at radius 3 is 2.33 bits per heavy atom. The number of hydroxylamine groups is 1. The van der Waals surface area contributed by atoms with Crippen LogP contribution in [0.4, 0.5) is 0 Å². The Hall–Kier alpha value is -3.35. The first-order valence-corrected chi connectivity index (χ1v) is 12.0. The van der Waals surface area contributed by atoms with Crippen molar-refractivity contribution in [1.29, 1.82) is 0 Å². The molecule has 5 nitrogen and oxygen atoms in total. The highest BCUT2D eigenvalue weighted by Gasteiger charge is 2.25. The molecule has 2 N–H and O–H groups in total. The summed E-state index contributed by atoms with van der Waals surface area (Å²) in [7, 11) is 0. The third-order valence-electron chi connectivity index (χ3n) is 5.89. The summed E-state index contributed by atoms with van der Waals surface area (Å²) in [6, 6.07) is 21.5. The molecular formula is C27H26N2O3S. The highest BCUT2D eigenvalue weighted by atomic mass is 32.2. The third-order valence-corrected chi connectivity index (χ3v) is 6.63. The number of thioether (sulfide) groups is 1. The summed E-state index contributed by atoms with van der Waals surface area (Å²) < 4.78 is 0. The molecule has 1 aliphatic heterocycles. The van der Waals surface area contributed by atoms with E-state index in [-0.39, 0.29) is 5.91 Å². The topological polar surface area (TPSA) is 69.6 Å². The van der Waals surface area contributed by atoms with E-state index >= 15 is 0 Å². The van der Waals surface area contributed by atoms with E-state index in [9.17, 15) is 9.59 Å². The number of nitrogens with one attached hydrogen (secondary N) is 1. The molecule has 0 atom stereocenters. The SMILES string of the molecule is CSc1ccc(/C=C(/C(=O)N2CCc3ccc(C(=O)NO)cc3C2)c2ccc(C)cc2)cc1. The molecule has 1 heterocycles. The van der Waals surface area contributed by atoms with Crippen LogP contribution in [0.3, 0.4) is 0 Å². The van der Waals surface area contributed by atoms with Gasteiger partial charge in [-0.25, -0.2) is 5.48 Å². The zero-order valence-corrected chi connectivity index (χ0v) is 19.5. The Balaban J connectivity index is 1.67. The molecule has 168 valence electrons. The number of hydrogen-bond donors (Lipinski definition) is 2. The van der Waals surface area contributed by atoms with Crippen LogP contribution in [0.5, 0.6) is 0 Å². The predicted octanol–water partition coefficient (Wildman–Crippen LogP) is 4.96. The van der Waals surface area contributed by atoms with Crippen LogP contribution in [-0.4, -0.2) is 34.7 Å². The summed E-state index contributed by atoms with van der Waals surface area (Å²) in [4.78, 5) is 28.6. The third kappa shape index (κ3) is 5.18. The Bertz CT molecular complexity index is 1200. The molecule has 0 saturated heterocycles. The fraction of sp³-hybridized carbons (Fsp3) is 0.185. The number of nitrogens with zero attached hydrogens (tertiary/aromatic N) is 1. The number of amides is 2. The molecule has 3 aromatic carbocycles. The van der Waals surface area contributed by atoms with Crippen LogP contribution in [-0.2, 0) is 17.8 Å². The van der Waals surface area contributed by atoms with Crippen molar-refractivity contribution in [1.82, 2.24) is 10.4 Å². The fourth-order valence-electron chi connectivity index (χ4n) is 3.98. The van der Waals surface area contributed by atoms with Gasteiger partial charge in [0.05, 0.1) is 0 Å². The fourth-order valence-corrected chi connectivity index (χ4v) is 4.38. The van der Waals surface area contributed by atoms with Crippen LogP contribution >= 0.6 is 11.8 Å². The number of fused-ring (bicyclic) bond motifs is 1. The van der Waals surface area contributed by atoms with Gasteiger partial charge in [0.15, 0.2) is 0 Å². The van der Waals surface area contributed by atoms with Gasteiger partial charge < -0.3 is 4.90 Å². The molecule has 0 fully saturated rings. The zero-order valence-electron chi connectivity index (χ0n) is 18.7. The van der Waals surface area contributed by atoms with E-state index in [0.717, 1.165) is 27.8 Å². The average Bonchev–Trinajstić information content (AvgIpc) is 2.86. The van der Waals surface area contributed by atoms with Gasteiger partial charge in [0, 0.05) is 29.1 Å². The van der Waals surface area contributed by atoms with E-state index in [1.807, 2.05) is 66.6 Å². The highest BCUT2D eigenvalue weighted by Crippen LogP contribution is 2.27. The molecule has 2 amide bonds. The van der Waals surface area contributed by atoms with Crippen molar-refractivity contribution < 1.29 is 14.8 Å². The lowest BCUT2D eigenvalue weighted by Crippen LogP contribution is -2.36. The molecule has 0 saturated carbocycles. The molecule has 1 aliphatic rings. The van der Waals surface area contributed by atoms with Gasteiger partial charge in [0.1, 0.15) is 0 Å². The number of hydrogen-bond acceptors (Lipinski definition) is 4. The number of benzene rings is 3. The normalized spacial score (nSPS) is 13.4. The quantitative estimate of drug-likeness (QED) is 0.186. The molecule has 0 radical (unpaired) electrons. The molecule has 0 aliphatic carbocycles. The standard InChI is InChI=1S/C27H26N2O3S/c1-18-3-7-21(8-4-18)25(15-19-5-11-24(33-2)12-6-19)27(31)29-14-13-20-9-10-22(26(30)28-32)16-23(20)17-29/h3-12,15-16,32H,13-14,17H2,1-2H3,(H,28,30)/b25-15+. The first kappa shape index (κ1) is 22.8. The van der Waals surface area contributed by atoms with Crippen LogP contribution in [0.15, 0.2) is 71.6 Å². The first-order valence-electron chi connectivity index (χ1n) is 10.8. The van der Waals surface area contributed by atoms with Crippen LogP contribution in [0.1, 0.15) is 38.2 Å². The van der Waals surface area contributed by atoms with Crippen LogP contribution in [0.25, 0.3) is 11.6 Å². The summed E-state index contributed by atoms with van der Waals surface area (Å²) in [6.45, 7) is 3.04. The average molecular weight is 459 g/mol. The predicted molar refractivity (Wildman–Crippen MR) is 132 cm³/mol. The second-order valence-corrected chi connectivity index (χ2v) is 8.98. The van der Waals surface area contributed by atoms with Gasteiger partial charge >= 0.3 is 0 Å². The summed E-state index contributed by atoms with van der Waals surface area (Å²) in [5.41, 5.74) is 7.69. The van der Waals surface area contributed by atoms with Crippen molar-refractivity contribution in [2.75, 3.05) is 12.8 Å². The van der Waals surface area contributed by atoms with E-state index in [2.05, 4.69) is 12.1 Å². The Kier molecular flexibility index (Phi) is 6.96. The van der Waals surface area contributed by atoms with Crippen molar-refractivity contribution in [2.45, 2.75) is 24.8 Å². The van der Waals surface area contributed by atoms with Gasteiger partial charge in [0.25, 0.3) is 11.8 Å². The minimum absolute atomic E-state index is 0.0459. The minimum atomic E-state index is -0.560. The molecule has 33 heavy (non-hydrogen) atoms. The van der Waals surface area contributed by atoms with E-state index in [4.69, 9.17) is 5.21 Å². The number of carbonyl (C=O) groups is 2. The van der Waals surface area contributed by atoms with E-state index < -0.39 is 5.91 Å². The maximum absolute atomic E-state index is 13.7. The summed E-state index contributed by atoms with van der Waals surface area (Å²) >= 11 is 1.68. The number of rotatable bonds is 5. The largest absolute Gasteiger partial charge is 0.334 e. The number of carbonyl (C=O) groups excluding carboxylic acids is 2. The summed E-state index contributed by atoms with van der Waals surface area (Å²) in [5, 5.41) is 8.95. The van der Waals surface area contributed by atoms with E-state index in [0.29, 0.717) is 30.6 Å². The monoisotopic (exact) mass is 458 g/mol. The van der Waals surface area contributed by atoms with Crippen LogP contribution in [0, 0.1) is 6.92 Å². The highest BCUT2D eigenvalue weighted by molar-refractivity contribution is 7.98. The van der Waals surface area contributed by atoms with Gasteiger partial charge in [-0.2, -0.15) is 0 Å². The second kappa shape index (κ2) is 10.1. The maximum atomic E-state index is 13.7. The lowest BCUT2D eigenvalue weighted by atomic mass is 9.95. The molecular weight excluding hydrogens is 432 g/mol. The molecule has 0 unspecified atom stereocenters. The van der Waals surface area contributed by atoms with Crippen LogP contribution < -0.4 is 5.48 Å².